The average Bonchev–Trinajstić information content (AvgIpc) is 3.03. The van der Waals surface area contributed by atoms with Gasteiger partial charge in [-0.1, -0.05) is 44.1 Å². The maximum atomic E-state index is 15.2. The molecule has 2 heterocycles. The lowest BCUT2D eigenvalue weighted by Gasteiger charge is -2.27. The zero-order valence-electron chi connectivity index (χ0n) is 22.1. The van der Waals surface area contributed by atoms with E-state index in [1.807, 2.05) is 4.98 Å². The average molecular weight is 652 g/mol. The van der Waals surface area contributed by atoms with Gasteiger partial charge >= 0.3 is 16.1 Å². The number of H-pyrrole nitrogens is 1. The van der Waals surface area contributed by atoms with Gasteiger partial charge in [-0.15, -0.1) is 0 Å². The molecule has 2 rings (SSSR count). The Morgan fingerprint density at radius 2 is 2.00 bits per heavy atom. The Hall–Kier alpha value is -0.970. The molecule has 1 aromatic heterocycles. The number of nitrogens with zero attached hydrogens (tertiary/aromatic N) is 1. The van der Waals surface area contributed by atoms with Crippen LogP contribution in [0.3, 0.4) is 0 Å². The summed E-state index contributed by atoms with van der Waals surface area (Å²) < 4.78 is 47.7. The van der Waals surface area contributed by atoms with E-state index < -0.39 is 75.0 Å². The van der Waals surface area contributed by atoms with E-state index in [-0.39, 0.29) is 17.5 Å². The predicted molar refractivity (Wildman–Crippen MR) is 150 cm³/mol. The van der Waals surface area contributed by atoms with Crippen molar-refractivity contribution in [2.75, 3.05) is 19.0 Å². The van der Waals surface area contributed by atoms with Crippen molar-refractivity contribution in [3.63, 3.8) is 0 Å². The Balaban J connectivity index is 2.17. The number of alkyl halides is 2. The standard InChI is InChI=1S/C21H32ClFN3O9PS3/c1-12(2)34-16(28)13(3)25-36(37,32-9-10-38-18(29)20(4,5)6)33-11-15-35-17(21(22,23)39(15)31)26-8-7-14(27)24-19(26)30/h7-8,12-13,15,17H,9-11H2,1-6H3,(H,25,37)(H,24,27,30)/t13-,15+,17-,21-,36?,39+/m1/s1. The van der Waals surface area contributed by atoms with Crippen LogP contribution in [0.4, 0.5) is 4.39 Å². The third-order valence-electron chi connectivity index (χ3n) is 4.81. The van der Waals surface area contributed by atoms with E-state index in [1.54, 1.807) is 34.6 Å². The fraction of sp³-hybridized carbons (Fsp3) is 0.714. The number of ether oxygens (including phenoxy) is 2. The molecule has 0 amide bonds. The van der Waals surface area contributed by atoms with E-state index in [4.69, 9.17) is 41.9 Å². The van der Waals surface area contributed by atoms with Crippen molar-refractivity contribution in [2.45, 2.75) is 69.8 Å². The van der Waals surface area contributed by atoms with Crippen molar-refractivity contribution in [3.8, 4) is 0 Å². The molecule has 0 bridgehead atoms. The third-order valence-corrected chi connectivity index (χ3v) is 10.8. The van der Waals surface area contributed by atoms with E-state index in [2.05, 4.69) is 5.09 Å². The summed E-state index contributed by atoms with van der Waals surface area (Å²) in [6, 6.07) is -0.0277. The van der Waals surface area contributed by atoms with E-state index >= 15 is 4.39 Å². The first-order chi connectivity index (χ1) is 17.9. The minimum atomic E-state index is -3.54. The molecule has 18 heteroatoms. The van der Waals surface area contributed by atoms with Crippen molar-refractivity contribution in [2.24, 2.45) is 5.41 Å². The smallest absolute Gasteiger partial charge is 0.330 e. The fourth-order valence-electron chi connectivity index (χ4n) is 2.89. The molecule has 0 aliphatic carbocycles. The molecular formula is C21H32ClFN3O9PS3. The maximum Gasteiger partial charge on any atom is 0.330 e. The van der Waals surface area contributed by atoms with E-state index in [1.165, 1.54) is 6.92 Å². The quantitative estimate of drug-likeness (QED) is 0.148. The Morgan fingerprint density at radius 1 is 1.36 bits per heavy atom. The number of carbonyl (C=O) groups is 2. The summed E-state index contributed by atoms with van der Waals surface area (Å²) in [5.41, 5.74) is -3.82. The minimum Gasteiger partial charge on any atom is -0.462 e. The van der Waals surface area contributed by atoms with Crippen LogP contribution in [0.5, 0.6) is 0 Å². The first kappa shape index (κ1) is 34.2. The van der Waals surface area contributed by atoms with Gasteiger partial charge in [0.05, 0.1) is 19.3 Å². The third kappa shape index (κ3) is 9.54. The molecule has 12 nitrogen and oxygen atoms in total. The molecular weight excluding hydrogens is 620 g/mol. The van der Waals surface area contributed by atoms with Crippen molar-refractivity contribution < 1.29 is 36.7 Å². The van der Waals surface area contributed by atoms with Crippen molar-refractivity contribution in [3.05, 3.63) is 33.1 Å². The first-order valence-corrected chi connectivity index (χ1v) is 16.9. The molecule has 1 saturated heterocycles. The maximum absolute atomic E-state index is 15.2. The second-order valence-electron chi connectivity index (χ2n) is 9.64. The molecule has 1 aliphatic heterocycles. The van der Waals surface area contributed by atoms with Gasteiger partial charge in [0.15, 0.2) is 16.8 Å². The molecule has 1 aliphatic rings. The highest BCUT2D eigenvalue weighted by Gasteiger charge is 2.57. The van der Waals surface area contributed by atoms with Crippen LogP contribution in [0.2, 0.25) is 0 Å². The number of aromatic nitrogens is 2. The molecule has 0 radical (unpaired) electrons. The Labute approximate surface area is 241 Å². The number of halogens is 2. The minimum absolute atomic E-state index is 0.0464. The Morgan fingerprint density at radius 3 is 2.56 bits per heavy atom. The number of aromatic amines is 1. The van der Waals surface area contributed by atoms with Crippen LogP contribution >= 0.6 is 30.0 Å². The lowest BCUT2D eigenvalue weighted by atomic mass is 10.00. The van der Waals surface area contributed by atoms with Gasteiger partial charge in [0.1, 0.15) is 16.8 Å². The van der Waals surface area contributed by atoms with Gasteiger partial charge in [-0.2, -0.15) is 0 Å². The number of nitrogens with one attached hydrogen (secondary N) is 2. The summed E-state index contributed by atoms with van der Waals surface area (Å²) in [6.45, 7) is 5.96. The second kappa shape index (κ2) is 13.8. The van der Waals surface area contributed by atoms with Crippen molar-refractivity contribution in [1.82, 2.24) is 14.6 Å². The van der Waals surface area contributed by atoms with Gasteiger partial charge in [-0.05, 0) is 32.6 Å². The summed E-state index contributed by atoms with van der Waals surface area (Å²) >= 11 is 12.4. The van der Waals surface area contributed by atoms with Gasteiger partial charge in [0.2, 0.25) is 0 Å². The van der Waals surface area contributed by atoms with Gasteiger partial charge in [-0.3, -0.25) is 28.1 Å². The van der Waals surface area contributed by atoms with E-state index in [0.29, 0.717) is 4.57 Å². The molecule has 6 atom stereocenters. The summed E-state index contributed by atoms with van der Waals surface area (Å²) in [7, 11) is -2.56. The van der Waals surface area contributed by atoms with Crippen LogP contribution in [0, 0.1) is 5.41 Å². The number of esters is 1. The lowest BCUT2D eigenvalue weighted by molar-refractivity contribution is -0.149. The summed E-state index contributed by atoms with van der Waals surface area (Å²) in [6.07, 6.45) is -1.30. The van der Waals surface area contributed by atoms with Crippen LogP contribution in [0.25, 0.3) is 0 Å². The molecule has 39 heavy (non-hydrogen) atoms. The SMILES string of the molecule is CC(C)OC(=O)[C@@H](C)NP(=S)(OCCSC(=O)C(C)(C)C)OC[C@H]1O[C@@H](n2ccc(=O)[nH]c2=O)[C@](F)(Cl)[S@]1=O. The van der Waals surface area contributed by atoms with E-state index in [9.17, 15) is 23.4 Å². The van der Waals surface area contributed by atoms with Crippen LogP contribution < -0.4 is 16.3 Å². The molecule has 1 fully saturated rings. The van der Waals surface area contributed by atoms with Gasteiger partial charge in [0, 0.05) is 23.4 Å². The molecule has 0 spiro atoms. The molecule has 222 valence electrons. The van der Waals surface area contributed by atoms with Crippen LogP contribution in [-0.2, 0) is 50.7 Å². The molecule has 1 unspecified atom stereocenters. The summed E-state index contributed by atoms with van der Waals surface area (Å²) in [4.78, 5) is 49.9. The van der Waals surface area contributed by atoms with Gasteiger partial charge in [0.25, 0.3) is 12.2 Å². The van der Waals surface area contributed by atoms with Gasteiger partial charge < -0.3 is 18.5 Å². The molecule has 2 N–H and O–H groups in total. The Bertz CT molecular complexity index is 1240. The normalized spacial score (nSPS) is 25.8. The van der Waals surface area contributed by atoms with Gasteiger partial charge in [-0.25, -0.2) is 14.3 Å². The largest absolute Gasteiger partial charge is 0.462 e. The zero-order valence-corrected chi connectivity index (χ0v) is 26.2. The summed E-state index contributed by atoms with van der Waals surface area (Å²) in [5, 5.41) is 2.70. The molecule has 1 aromatic rings. The highest BCUT2D eigenvalue weighted by atomic mass is 35.5. The lowest BCUT2D eigenvalue weighted by Crippen LogP contribution is -2.38. The zero-order chi connectivity index (χ0) is 29.8. The first-order valence-electron chi connectivity index (χ1n) is 11.7. The number of carbonyl (C=O) groups excluding carboxylic acids is 2. The number of hydrogen-bond donors (Lipinski definition) is 2. The molecule has 0 saturated carbocycles. The number of rotatable bonds is 12. The summed E-state index contributed by atoms with van der Waals surface area (Å²) in [5.74, 6) is -0.409. The van der Waals surface area contributed by atoms with Crippen LogP contribution in [0.15, 0.2) is 21.9 Å². The van der Waals surface area contributed by atoms with Crippen LogP contribution in [-0.4, -0.2) is 65.9 Å². The monoisotopic (exact) mass is 651 g/mol. The fourth-order valence-corrected chi connectivity index (χ4v) is 7.82. The number of thioether (sulfide) groups is 1. The highest BCUT2D eigenvalue weighted by molar-refractivity contribution is 8.13. The van der Waals surface area contributed by atoms with Crippen LogP contribution in [0.1, 0.15) is 47.8 Å². The topological polar surface area (TPSA) is 155 Å². The molecule has 0 aromatic carbocycles. The van der Waals surface area contributed by atoms with Crippen molar-refractivity contribution in [1.29, 1.82) is 0 Å². The Kier molecular flexibility index (Phi) is 12.1. The number of hydrogen-bond acceptors (Lipinski definition) is 11. The van der Waals surface area contributed by atoms with Crippen molar-refractivity contribution >= 4 is 63.7 Å². The van der Waals surface area contributed by atoms with E-state index in [0.717, 1.165) is 24.0 Å². The second-order valence-corrected chi connectivity index (χ2v) is 16.4. The predicted octanol–water partition coefficient (Wildman–Crippen LogP) is 2.50. The highest BCUT2D eigenvalue weighted by Crippen LogP contribution is 2.49.